The molecule has 0 unspecified atom stereocenters. The molecule has 2 N–H and O–H groups in total. The molecule has 6 nitrogen and oxygen atoms in total. The third-order valence-electron chi connectivity index (χ3n) is 3.99. The third kappa shape index (κ3) is 4.82. The highest BCUT2D eigenvalue weighted by atomic mass is 16.1. The maximum atomic E-state index is 11.1. The summed E-state index contributed by atoms with van der Waals surface area (Å²) in [6.45, 7) is 6.40. The van der Waals surface area contributed by atoms with Crippen LogP contribution in [0, 0.1) is 6.92 Å². The van der Waals surface area contributed by atoms with Gasteiger partial charge in [-0.1, -0.05) is 12.1 Å². The fourth-order valence-electron chi connectivity index (χ4n) is 2.77. The first-order valence-electron chi connectivity index (χ1n) is 8.87. The molecule has 0 atom stereocenters. The smallest absolute Gasteiger partial charge is 0.231 e. The van der Waals surface area contributed by atoms with E-state index >= 15 is 0 Å². The Labute approximate surface area is 159 Å². The summed E-state index contributed by atoms with van der Waals surface area (Å²) < 4.78 is 0. The second-order valence-corrected chi connectivity index (χ2v) is 6.21. The number of hydrogen-bond donors (Lipinski definition) is 2. The lowest BCUT2D eigenvalue weighted by Gasteiger charge is -2.21. The van der Waals surface area contributed by atoms with Gasteiger partial charge in [0, 0.05) is 36.7 Å². The summed E-state index contributed by atoms with van der Waals surface area (Å²) in [5.74, 6) is 1.26. The predicted molar refractivity (Wildman–Crippen MR) is 110 cm³/mol. The second-order valence-electron chi connectivity index (χ2n) is 6.21. The number of anilines is 5. The minimum absolute atomic E-state index is 0.0908. The van der Waals surface area contributed by atoms with E-state index in [1.54, 1.807) is 6.20 Å². The highest BCUT2D eigenvalue weighted by molar-refractivity contribution is 5.88. The van der Waals surface area contributed by atoms with Crippen LogP contribution >= 0.6 is 0 Å². The van der Waals surface area contributed by atoms with Crippen molar-refractivity contribution in [1.29, 1.82) is 0 Å². The molecule has 0 radical (unpaired) electrons. The number of hydrogen-bond acceptors (Lipinski definition) is 5. The molecule has 0 saturated carbocycles. The van der Waals surface area contributed by atoms with Gasteiger partial charge >= 0.3 is 0 Å². The van der Waals surface area contributed by atoms with Gasteiger partial charge in [0.05, 0.1) is 0 Å². The number of amides is 1. The van der Waals surface area contributed by atoms with Crippen molar-refractivity contribution >= 4 is 34.7 Å². The predicted octanol–water partition coefficient (Wildman–Crippen LogP) is 4.65. The number of nitrogens with zero attached hydrogens (tertiary/aromatic N) is 3. The van der Waals surface area contributed by atoms with Crippen LogP contribution in [-0.4, -0.2) is 22.4 Å². The van der Waals surface area contributed by atoms with E-state index in [4.69, 9.17) is 0 Å². The summed E-state index contributed by atoms with van der Waals surface area (Å²) in [4.78, 5) is 22.3. The first-order valence-corrected chi connectivity index (χ1v) is 8.87. The molecule has 1 amide bonds. The molecule has 6 heteroatoms. The van der Waals surface area contributed by atoms with Gasteiger partial charge in [0.1, 0.15) is 5.82 Å². The Bertz CT molecular complexity index is 924. The molecular weight excluding hydrogens is 338 g/mol. The van der Waals surface area contributed by atoms with Crippen LogP contribution in [-0.2, 0) is 4.79 Å². The van der Waals surface area contributed by atoms with Gasteiger partial charge in [-0.3, -0.25) is 4.79 Å². The SMILES string of the molecule is CCN(c1cccc(C)c1)c1nccc(Nc2ccc(NC(C)=O)cc2)n1. The number of nitrogens with one attached hydrogen (secondary N) is 2. The molecule has 0 saturated heterocycles. The summed E-state index contributed by atoms with van der Waals surface area (Å²) in [5.41, 5.74) is 3.90. The minimum Gasteiger partial charge on any atom is -0.340 e. The zero-order valence-corrected chi connectivity index (χ0v) is 15.7. The van der Waals surface area contributed by atoms with Gasteiger partial charge in [-0.05, 0) is 61.9 Å². The minimum atomic E-state index is -0.0908. The van der Waals surface area contributed by atoms with Crippen molar-refractivity contribution in [1.82, 2.24) is 9.97 Å². The van der Waals surface area contributed by atoms with E-state index in [2.05, 4.69) is 57.5 Å². The van der Waals surface area contributed by atoms with E-state index < -0.39 is 0 Å². The van der Waals surface area contributed by atoms with Crippen molar-refractivity contribution in [2.24, 2.45) is 0 Å². The molecule has 0 aliphatic carbocycles. The lowest BCUT2D eigenvalue weighted by molar-refractivity contribution is -0.114. The lowest BCUT2D eigenvalue weighted by atomic mass is 10.2. The molecule has 3 rings (SSSR count). The molecule has 0 bridgehead atoms. The average Bonchev–Trinajstić information content (AvgIpc) is 2.64. The number of carbonyl (C=O) groups is 1. The first-order chi connectivity index (χ1) is 13.0. The van der Waals surface area contributed by atoms with Gasteiger partial charge < -0.3 is 15.5 Å². The molecule has 1 aromatic heterocycles. The maximum absolute atomic E-state index is 11.1. The van der Waals surface area contributed by atoms with Crippen molar-refractivity contribution in [3.05, 3.63) is 66.4 Å². The van der Waals surface area contributed by atoms with Crippen LogP contribution in [0.4, 0.5) is 28.8 Å². The van der Waals surface area contributed by atoms with Crippen LogP contribution in [0.2, 0.25) is 0 Å². The lowest BCUT2D eigenvalue weighted by Crippen LogP contribution is -2.19. The Morgan fingerprint density at radius 1 is 1.07 bits per heavy atom. The fourth-order valence-corrected chi connectivity index (χ4v) is 2.77. The van der Waals surface area contributed by atoms with Crippen LogP contribution in [0.25, 0.3) is 0 Å². The van der Waals surface area contributed by atoms with Gasteiger partial charge in [0.25, 0.3) is 0 Å². The molecule has 27 heavy (non-hydrogen) atoms. The van der Waals surface area contributed by atoms with Gasteiger partial charge in [-0.25, -0.2) is 4.98 Å². The van der Waals surface area contributed by atoms with Gasteiger partial charge in [0.15, 0.2) is 0 Å². The normalized spacial score (nSPS) is 10.3. The van der Waals surface area contributed by atoms with Crippen molar-refractivity contribution in [3.63, 3.8) is 0 Å². The molecule has 1 heterocycles. The van der Waals surface area contributed by atoms with Crippen LogP contribution in [0.5, 0.6) is 0 Å². The quantitative estimate of drug-likeness (QED) is 0.669. The molecule has 2 aromatic carbocycles. The van der Waals surface area contributed by atoms with Crippen molar-refractivity contribution in [2.75, 3.05) is 22.1 Å². The van der Waals surface area contributed by atoms with E-state index in [1.807, 2.05) is 36.4 Å². The van der Waals surface area contributed by atoms with Crippen LogP contribution < -0.4 is 15.5 Å². The second kappa shape index (κ2) is 8.31. The van der Waals surface area contributed by atoms with E-state index in [9.17, 15) is 4.79 Å². The Kier molecular flexibility index (Phi) is 5.66. The number of aryl methyl sites for hydroxylation is 1. The number of carbonyl (C=O) groups excluding carboxylic acids is 1. The zero-order chi connectivity index (χ0) is 19.2. The third-order valence-corrected chi connectivity index (χ3v) is 3.99. The van der Waals surface area contributed by atoms with Crippen LogP contribution in [0.1, 0.15) is 19.4 Å². The molecule has 0 aliphatic rings. The number of benzene rings is 2. The Morgan fingerprint density at radius 3 is 2.48 bits per heavy atom. The molecule has 0 spiro atoms. The Morgan fingerprint density at radius 2 is 1.81 bits per heavy atom. The fraction of sp³-hybridized carbons (Fsp3) is 0.190. The molecule has 3 aromatic rings. The summed E-state index contributed by atoms with van der Waals surface area (Å²) in [5, 5.41) is 6.03. The van der Waals surface area contributed by atoms with E-state index in [0.717, 1.165) is 23.6 Å². The van der Waals surface area contributed by atoms with Crippen LogP contribution in [0.15, 0.2) is 60.8 Å². The molecule has 138 valence electrons. The summed E-state index contributed by atoms with van der Waals surface area (Å²) >= 11 is 0. The number of aromatic nitrogens is 2. The average molecular weight is 361 g/mol. The zero-order valence-electron chi connectivity index (χ0n) is 15.7. The summed E-state index contributed by atoms with van der Waals surface area (Å²) in [7, 11) is 0. The first kappa shape index (κ1) is 18.4. The van der Waals surface area contributed by atoms with Gasteiger partial charge in [0.2, 0.25) is 11.9 Å². The molecular formula is C21H23N5O. The van der Waals surface area contributed by atoms with Crippen LogP contribution in [0.3, 0.4) is 0 Å². The summed E-state index contributed by atoms with van der Waals surface area (Å²) in [6.07, 6.45) is 1.74. The standard InChI is InChI=1S/C21H23N5O/c1-4-26(19-7-5-6-15(2)14-19)21-22-13-12-20(25-21)24-18-10-8-17(9-11-18)23-16(3)27/h5-14H,4H2,1-3H3,(H,23,27)(H,22,24,25). The monoisotopic (exact) mass is 361 g/mol. The Hall–Kier alpha value is -3.41. The van der Waals surface area contributed by atoms with E-state index in [0.29, 0.717) is 11.8 Å². The Balaban J connectivity index is 1.79. The van der Waals surface area contributed by atoms with Gasteiger partial charge in [-0.15, -0.1) is 0 Å². The maximum Gasteiger partial charge on any atom is 0.231 e. The van der Waals surface area contributed by atoms with Crippen molar-refractivity contribution in [2.45, 2.75) is 20.8 Å². The largest absolute Gasteiger partial charge is 0.340 e. The topological polar surface area (TPSA) is 70.2 Å². The van der Waals surface area contributed by atoms with E-state index in [-0.39, 0.29) is 5.91 Å². The highest BCUT2D eigenvalue weighted by Crippen LogP contribution is 2.24. The van der Waals surface area contributed by atoms with E-state index in [1.165, 1.54) is 12.5 Å². The summed E-state index contributed by atoms with van der Waals surface area (Å²) in [6, 6.07) is 17.6. The molecule has 0 aliphatic heterocycles. The van der Waals surface area contributed by atoms with Gasteiger partial charge in [-0.2, -0.15) is 4.98 Å². The van der Waals surface area contributed by atoms with Crippen molar-refractivity contribution in [3.8, 4) is 0 Å². The number of rotatable bonds is 6. The van der Waals surface area contributed by atoms with Crippen molar-refractivity contribution < 1.29 is 4.79 Å². The molecule has 0 fully saturated rings. The highest BCUT2D eigenvalue weighted by Gasteiger charge is 2.11.